The molecule has 1 nitrogen and oxygen atoms in total. The first-order valence-corrected chi connectivity index (χ1v) is 24.5. The molecule has 0 unspecified atom stereocenters. The number of nitrogens with zero attached hydrogens (tertiary/aromatic N) is 1. The van der Waals surface area contributed by atoms with E-state index in [-0.39, 0.29) is 0 Å². The van der Waals surface area contributed by atoms with Gasteiger partial charge in [-0.05, 0) is 128 Å². The maximum Gasteiger partial charge on any atom is 0.0899 e. The standard InChI is InChI=1S/C64H41NSi/c1-3-18-40(19-4-1)60-47-23-7-9-25-49(47)62(50-26-10-8-24-48(50)60)42-35-37-46-55-31-17-32-56(64(55)66-59(46)39-42)63-53-29-13-11-27-51(53)61(52-28-12-14-30-54(52)63)41-34-36-45-44-22-15-16-33-57(44)65(58(45)38-41)43-20-5-2-6-21-43/h1-39H,66H2. The van der Waals surface area contributed by atoms with Crippen molar-refractivity contribution in [2.45, 2.75) is 0 Å². The highest BCUT2D eigenvalue weighted by molar-refractivity contribution is 6.75. The van der Waals surface area contributed by atoms with E-state index >= 15 is 0 Å². The van der Waals surface area contributed by atoms with Gasteiger partial charge >= 0.3 is 0 Å². The Morgan fingerprint density at radius 1 is 0.258 bits per heavy atom. The molecule has 0 amide bonds. The van der Waals surface area contributed by atoms with Gasteiger partial charge < -0.3 is 4.57 Å². The van der Waals surface area contributed by atoms with Crippen LogP contribution in [0.3, 0.4) is 0 Å². The molecule has 0 aliphatic carbocycles. The minimum atomic E-state index is -0.874. The second-order valence-corrected chi connectivity index (χ2v) is 19.7. The third-order valence-corrected chi connectivity index (χ3v) is 16.5. The topological polar surface area (TPSA) is 4.93 Å². The molecule has 2 heterocycles. The van der Waals surface area contributed by atoms with Gasteiger partial charge in [-0.15, -0.1) is 0 Å². The van der Waals surface area contributed by atoms with Gasteiger partial charge in [-0.3, -0.25) is 0 Å². The van der Waals surface area contributed by atoms with Crippen molar-refractivity contribution in [3.05, 3.63) is 237 Å². The first-order chi connectivity index (χ1) is 32.8. The summed E-state index contributed by atoms with van der Waals surface area (Å²) < 4.78 is 2.43. The van der Waals surface area contributed by atoms with E-state index in [0.717, 1.165) is 0 Å². The predicted octanol–water partition coefficient (Wildman–Crippen LogP) is 15.2. The largest absolute Gasteiger partial charge is 0.309 e. The van der Waals surface area contributed by atoms with Crippen LogP contribution in [0.15, 0.2) is 237 Å². The predicted molar refractivity (Wildman–Crippen MR) is 286 cm³/mol. The van der Waals surface area contributed by atoms with Gasteiger partial charge in [-0.25, -0.2) is 0 Å². The van der Waals surface area contributed by atoms with Gasteiger partial charge in [0.15, 0.2) is 0 Å². The summed E-state index contributed by atoms with van der Waals surface area (Å²) in [5, 5.41) is 15.9. The number of benzene rings is 12. The minimum Gasteiger partial charge on any atom is -0.309 e. The number of para-hydroxylation sites is 2. The van der Waals surface area contributed by atoms with E-state index in [0.29, 0.717) is 0 Å². The molecule has 13 aromatic rings. The van der Waals surface area contributed by atoms with Gasteiger partial charge in [0, 0.05) is 16.5 Å². The average molecular weight is 852 g/mol. The summed E-state index contributed by atoms with van der Waals surface area (Å²) in [5.41, 5.74) is 16.8. The number of fused-ring (bicyclic) bond motifs is 10. The zero-order valence-electron chi connectivity index (χ0n) is 36.2. The molecule has 0 spiro atoms. The molecule has 0 fully saturated rings. The van der Waals surface area contributed by atoms with E-state index in [9.17, 15) is 0 Å². The Morgan fingerprint density at radius 3 is 1.29 bits per heavy atom. The van der Waals surface area contributed by atoms with E-state index in [4.69, 9.17) is 0 Å². The van der Waals surface area contributed by atoms with Crippen molar-refractivity contribution in [3.63, 3.8) is 0 Å². The summed E-state index contributed by atoms with van der Waals surface area (Å²) in [6, 6.07) is 88.3. The van der Waals surface area contributed by atoms with Crippen molar-refractivity contribution in [2.24, 2.45) is 0 Å². The highest BCUT2D eigenvalue weighted by Gasteiger charge is 2.27. The number of aromatic nitrogens is 1. The molecule has 0 N–H and O–H groups in total. The SMILES string of the molecule is c1ccc(-c2c3ccccc3c(-c3ccc4c(c3)[SiH2]c3c-4cccc3-c3c4ccccc4c(-c4ccc5c6ccccc6n(-c6ccccc6)c5c4)c4ccccc34)c3ccccc23)cc1. The highest BCUT2D eigenvalue weighted by Crippen LogP contribution is 2.47. The molecule has 1 aliphatic heterocycles. The summed E-state index contributed by atoms with van der Waals surface area (Å²) in [5.74, 6) is 0. The molecular formula is C64H41NSi. The fourth-order valence-electron chi connectivity index (χ4n) is 11.7. The Kier molecular flexibility index (Phi) is 8.22. The van der Waals surface area contributed by atoms with Gasteiger partial charge in [0.1, 0.15) is 0 Å². The van der Waals surface area contributed by atoms with Gasteiger partial charge in [0.25, 0.3) is 0 Å². The second kappa shape index (κ2) is 14.6. The zero-order valence-corrected chi connectivity index (χ0v) is 37.6. The van der Waals surface area contributed by atoms with E-state index in [2.05, 4.69) is 241 Å². The van der Waals surface area contributed by atoms with Gasteiger partial charge in [-0.1, -0.05) is 218 Å². The molecular weight excluding hydrogens is 811 g/mol. The van der Waals surface area contributed by atoms with Crippen LogP contribution >= 0.6 is 0 Å². The molecule has 0 radical (unpaired) electrons. The Hall–Kier alpha value is -8.30. The van der Waals surface area contributed by atoms with Crippen molar-refractivity contribution in [1.82, 2.24) is 4.57 Å². The van der Waals surface area contributed by atoms with Crippen LogP contribution in [-0.4, -0.2) is 14.1 Å². The third-order valence-electron chi connectivity index (χ3n) is 14.4. The molecule has 306 valence electrons. The fourth-order valence-corrected chi connectivity index (χ4v) is 13.9. The lowest BCUT2D eigenvalue weighted by atomic mass is 9.85. The molecule has 1 aromatic heterocycles. The molecule has 12 aromatic carbocycles. The maximum atomic E-state index is 2.55. The van der Waals surface area contributed by atoms with Crippen molar-refractivity contribution in [1.29, 1.82) is 0 Å². The smallest absolute Gasteiger partial charge is 0.0899 e. The molecule has 2 heteroatoms. The molecule has 14 rings (SSSR count). The Bertz CT molecular complexity index is 4010. The van der Waals surface area contributed by atoms with Crippen molar-refractivity contribution < 1.29 is 0 Å². The fraction of sp³-hybridized carbons (Fsp3) is 0. The zero-order chi connectivity index (χ0) is 43.3. The lowest BCUT2D eigenvalue weighted by molar-refractivity contribution is 1.18. The molecule has 0 atom stereocenters. The Balaban J connectivity index is 0.945. The van der Waals surface area contributed by atoms with Crippen LogP contribution in [0.4, 0.5) is 0 Å². The van der Waals surface area contributed by atoms with Crippen LogP contribution < -0.4 is 10.4 Å². The maximum absolute atomic E-state index is 2.55. The summed E-state index contributed by atoms with van der Waals surface area (Å²) in [6.07, 6.45) is 0. The van der Waals surface area contributed by atoms with Crippen LogP contribution in [-0.2, 0) is 0 Å². The van der Waals surface area contributed by atoms with Crippen LogP contribution in [0.5, 0.6) is 0 Å². The highest BCUT2D eigenvalue weighted by atomic mass is 28.2. The molecule has 1 aliphatic rings. The van der Waals surface area contributed by atoms with E-state index in [1.807, 2.05) is 0 Å². The lowest BCUT2D eigenvalue weighted by Gasteiger charge is -2.19. The van der Waals surface area contributed by atoms with E-state index in [1.165, 1.54) is 137 Å². The monoisotopic (exact) mass is 851 g/mol. The average Bonchev–Trinajstić information content (AvgIpc) is 3.93. The van der Waals surface area contributed by atoms with Crippen LogP contribution in [0.25, 0.3) is 126 Å². The Labute approximate surface area is 385 Å². The lowest BCUT2D eigenvalue weighted by Crippen LogP contribution is -2.23. The summed E-state index contributed by atoms with van der Waals surface area (Å²) in [6.45, 7) is 0. The number of rotatable bonds is 5. The van der Waals surface area contributed by atoms with E-state index < -0.39 is 9.52 Å². The summed E-state index contributed by atoms with van der Waals surface area (Å²) >= 11 is 0. The van der Waals surface area contributed by atoms with Crippen LogP contribution in [0.2, 0.25) is 0 Å². The first kappa shape index (κ1) is 37.1. The number of hydrogen-bond donors (Lipinski definition) is 0. The van der Waals surface area contributed by atoms with E-state index in [1.54, 1.807) is 0 Å². The van der Waals surface area contributed by atoms with Crippen LogP contribution in [0, 0.1) is 0 Å². The second-order valence-electron chi connectivity index (χ2n) is 17.8. The van der Waals surface area contributed by atoms with Crippen LogP contribution in [0.1, 0.15) is 0 Å². The third kappa shape index (κ3) is 5.46. The number of hydrogen-bond acceptors (Lipinski definition) is 0. The first-order valence-electron chi connectivity index (χ1n) is 23.1. The van der Waals surface area contributed by atoms with Crippen molar-refractivity contribution >= 4 is 84.8 Å². The molecule has 0 bridgehead atoms. The van der Waals surface area contributed by atoms with Gasteiger partial charge in [-0.2, -0.15) is 0 Å². The van der Waals surface area contributed by atoms with Gasteiger partial charge in [0.05, 0.1) is 20.6 Å². The van der Waals surface area contributed by atoms with Crippen molar-refractivity contribution in [3.8, 4) is 61.3 Å². The molecule has 0 saturated heterocycles. The van der Waals surface area contributed by atoms with Crippen molar-refractivity contribution in [2.75, 3.05) is 0 Å². The summed E-state index contributed by atoms with van der Waals surface area (Å²) in [4.78, 5) is 0. The summed E-state index contributed by atoms with van der Waals surface area (Å²) in [7, 11) is -0.874. The quantitative estimate of drug-likeness (QED) is 0.120. The molecule has 0 saturated carbocycles. The Morgan fingerprint density at radius 2 is 0.697 bits per heavy atom. The molecule has 66 heavy (non-hydrogen) atoms. The van der Waals surface area contributed by atoms with Gasteiger partial charge in [0.2, 0.25) is 0 Å². The minimum absolute atomic E-state index is 0.874. The normalized spacial score (nSPS) is 12.5.